The summed E-state index contributed by atoms with van der Waals surface area (Å²) < 4.78 is 67.2. The number of phosphoric acid groups is 2. The lowest BCUT2D eigenvalue weighted by Crippen LogP contribution is -2.30. The normalized spacial score (nSPS) is 14.9. The Bertz CT molecular complexity index is 1430. The average Bonchev–Trinajstić information content (AvgIpc) is 3.35. The van der Waals surface area contributed by atoms with E-state index in [4.69, 9.17) is 37.0 Å². The summed E-state index contributed by atoms with van der Waals surface area (Å²) in [6.45, 7) is 6.94. The Morgan fingerprint density at radius 2 is 0.667 bits per heavy atom. The molecule has 0 fully saturated rings. The first-order valence-electron chi connectivity index (χ1n) is 28.2. The van der Waals surface area contributed by atoms with Crippen LogP contribution >= 0.6 is 15.6 Å². The monoisotopic (exact) mass is 1070 g/mol. The van der Waals surface area contributed by atoms with Crippen molar-refractivity contribution in [3.8, 4) is 0 Å². The Morgan fingerprint density at radius 1 is 0.389 bits per heavy atom. The van der Waals surface area contributed by atoms with Crippen LogP contribution in [0.15, 0.2) is 0 Å². The number of unbranched alkanes of at least 4 members (excludes halogenated alkanes) is 24. The number of aliphatic hydroxyl groups excluding tert-OH is 1. The third-order valence-corrected chi connectivity index (χ3v) is 14.3. The molecule has 0 saturated heterocycles. The van der Waals surface area contributed by atoms with Crippen LogP contribution in [-0.2, 0) is 65.4 Å². The van der Waals surface area contributed by atoms with Crippen LogP contribution in [0.3, 0.4) is 0 Å². The molecule has 72 heavy (non-hydrogen) atoms. The molecule has 0 aliphatic rings. The van der Waals surface area contributed by atoms with Crippen LogP contribution in [0, 0.1) is 5.92 Å². The maximum atomic E-state index is 12.8. The number of rotatable bonds is 53. The highest BCUT2D eigenvalue weighted by atomic mass is 31.2. The van der Waals surface area contributed by atoms with Crippen molar-refractivity contribution >= 4 is 39.5 Å². The maximum Gasteiger partial charge on any atom is 0.472 e. The van der Waals surface area contributed by atoms with E-state index in [0.717, 1.165) is 121 Å². The maximum absolute atomic E-state index is 12.8. The zero-order valence-corrected chi connectivity index (χ0v) is 47.3. The summed E-state index contributed by atoms with van der Waals surface area (Å²) in [6, 6.07) is 0. The van der Waals surface area contributed by atoms with Gasteiger partial charge in [-0.2, -0.15) is 0 Å². The third kappa shape index (κ3) is 46.6. The Labute approximate surface area is 435 Å². The first kappa shape index (κ1) is 70.1. The highest BCUT2D eigenvalue weighted by Crippen LogP contribution is 2.45. The Balaban J connectivity index is 5.17. The molecule has 0 aromatic carbocycles. The molecule has 19 heteroatoms. The van der Waals surface area contributed by atoms with Crippen molar-refractivity contribution in [1.29, 1.82) is 0 Å². The molecule has 3 N–H and O–H groups in total. The van der Waals surface area contributed by atoms with Gasteiger partial charge in [-0.25, -0.2) is 9.13 Å². The molecule has 17 nitrogen and oxygen atoms in total. The van der Waals surface area contributed by atoms with Gasteiger partial charge in [-0.1, -0.05) is 202 Å². The topological polar surface area (TPSA) is 237 Å². The van der Waals surface area contributed by atoms with Crippen molar-refractivity contribution in [2.24, 2.45) is 5.92 Å². The lowest BCUT2D eigenvalue weighted by molar-refractivity contribution is -0.161. The summed E-state index contributed by atoms with van der Waals surface area (Å²) in [4.78, 5) is 71.2. The molecule has 0 heterocycles. The molecule has 0 rings (SSSR count). The third-order valence-electron chi connectivity index (χ3n) is 12.4. The van der Waals surface area contributed by atoms with Gasteiger partial charge in [0.1, 0.15) is 19.3 Å². The van der Waals surface area contributed by atoms with Gasteiger partial charge in [0.15, 0.2) is 12.2 Å². The Kier molecular flexibility index (Phi) is 46.2. The Hall–Kier alpha value is -1.94. The summed E-state index contributed by atoms with van der Waals surface area (Å²) in [5.41, 5.74) is 0. The van der Waals surface area contributed by atoms with Crippen molar-refractivity contribution in [1.82, 2.24) is 0 Å². The lowest BCUT2D eigenvalue weighted by Gasteiger charge is -2.21. The van der Waals surface area contributed by atoms with Crippen molar-refractivity contribution in [3.05, 3.63) is 0 Å². The Morgan fingerprint density at radius 3 is 0.986 bits per heavy atom. The second-order valence-corrected chi connectivity index (χ2v) is 22.4. The highest BCUT2D eigenvalue weighted by Gasteiger charge is 2.30. The summed E-state index contributed by atoms with van der Waals surface area (Å²) in [5.74, 6) is -1.40. The molecule has 0 aromatic rings. The number of phosphoric ester groups is 2. The molecule has 0 amide bonds. The lowest BCUT2D eigenvalue weighted by atomic mass is 9.99. The molecule has 0 aliphatic carbocycles. The van der Waals surface area contributed by atoms with Gasteiger partial charge < -0.3 is 33.8 Å². The van der Waals surface area contributed by atoms with Crippen LogP contribution in [0.1, 0.15) is 253 Å². The average molecular weight is 1070 g/mol. The van der Waals surface area contributed by atoms with E-state index in [2.05, 4.69) is 34.6 Å². The quantitative estimate of drug-likeness (QED) is 0.0222. The van der Waals surface area contributed by atoms with Gasteiger partial charge in [-0.3, -0.25) is 37.3 Å². The molecule has 3 unspecified atom stereocenters. The zero-order chi connectivity index (χ0) is 53.6. The second kappa shape index (κ2) is 47.5. The molecule has 0 bridgehead atoms. The van der Waals surface area contributed by atoms with E-state index in [1.165, 1.54) is 51.4 Å². The predicted octanol–water partition coefficient (Wildman–Crippen LogP) is 13.5. The van der Waals surface area contributed by atoms with E-state index >= 15 is 0 Å². The summed E-state index contributed by atoms with van der Waals surface area (Å²) in [5, 5.41) is 10.4. The van der Waals surface area contributed by atoms with Crippen LogP contribution in [0.4, 0.5) is 0 Å². The van der Waals surface area contributed by atoms with E-state index in [9.17, 15) is 43.2 Å². The van der Waals surface area contributed by atoms with Gasteiger partial charge in [-0.05, 0) is 31.6 Å². The van der Waals surface area contributed by atoms with Gasteiger partial charge in [0, 0.05) is 25.7 Å². The van der Waals surface area contributed by atoms with Gasteiger partial charge >= 0.3 is 39.5 Å². The van der Waals surface area contributed by atoms with E-state index in [1.807, 2.05) is 0 Å². The highest BCUT2D eigenvalue weighted by molar-refractivity contribution is 7.47. The van der Waals surface area contributed by atoms with Crippen LogP contribution < -0.4 is 0 Å². The molecule has 0 radical (unpaired) electrons. The predicted molar refractivity (Wildman–Crippen MR) is 280 cm³/mol. The van der Waals surface area contributed by atoms with E-state index in [1.54, 1.807) is 0 Å². The van der Waals surface area contributed by atoms with E-state index in [-0.39, 0.29) is 25.7 Å². The first-order valence-corrected chi connectivity index (χ1v) is 31.2. The molecule has 0 spiro atoms. The largest absolute Gasteiger partial charge is 0.472 e. The standard InChI is InChI=1S/C53H102O17P2/c1-6-10-13-16-18-23-27-32-37-51(56)64-43-49(70-53(58)39-34-29-24-20-19-22-26-30-35-46(5)9-4)45-68-72(61,62)66-41-47(54)40-65-71(59,60)67-44-48(42-63-50(55)36-31-25-15-12-8-3)69-52(57)38-33-28-21-17-14-11-7-2/h46-49,54H,6-45H2,1-5H3,(H,59,60)(H,61,62)/t46?,47-,48+,49+/m0/s1. The van der Waals surface area contributed by atoms with Crippen molar-refractivity contribution < 1.29 is 80.2 Å². The number of hydrogen-bond donors (Lipinski definition) is 3. The SMILES string of the molecule is CCCCCCCCCCC(=O)OC[C@H](COP(=O)(O)OC[C@@H](O)COP(=O)(O)OC[C@@H](COC(=O)CCCCCCC)OC(=O)CCCCCCCCC)OC(=O)CCCCCCCCCCC(C)CC. The van der Waals surface area contributed by atoms with Gasteiger partial charge in [-0.15, -0.1) is 0 Å². The molecular formula is C53H102O17P2. The molecule has 426 valence electrons. The molecule has 0 aromatic heterocycles. The molecule has 0 saturated carbocycles. The summed E-state index contributed by atoms with van der Waals surface area (Å²) in [7, 11) is -9.85. The van der Waals surface area contributed by atoms with Crippen LogP contribution in [-0.4, -0.2) is 96.7 Å². The number of hydrogen-bond acceptors (Lipinski definition) is 15. The van der Waals surface area contributed by atoms with Crippen LogP contribution in [0.2, 0.25) is 0 Å². The van der Waals surface area contributed by atoms with E-state index < -0.39 is 97.5 Å². The number of carbonyl (C=O) groups is 4. The summed E-state index contributed by atoms with van der Waals surface area (Å²) in [6.07, 6.45) is 27.1. The fourth-order valence-electron chi connectivity index (χ4n) is 7.61. The number of esters is 4. The van der Waals surface area contributed by atoms with Crippen molar-refractivity contribution in [2.45, 2.75) is 271 Å². The summed E-state index contributed by atoms with van der Waals surface area (Å²) >= 11 is 0. The first-order chi connectivity index (χ1) is 34.6. The fraction of sp³-hybridized carbons (Fsp3) is 0.925. The molecule has 0 aliphatic heterocycles. The number of aliphatic hydroxyl groups is 1. The van der Waals surface area contributed by atoms with E-state index in [0.29, 0.717) is 25.7 Å². The smallest absolute Gasteiger partial charge is 0.462 e. The van der Waals surface area contributed by atoms with Gasteiger partial charge in [0.25, 0.3) is 0 Å². The fourth-order valence-corrected chi connectivity index (χ4v) is 9.18. The minimum absolute atomic E-state index is 0.103. The molecule has 6 atom stereocenters. The minimum Gasteiger partial charge on any atom is -0.462 e. The number of ether oxygens (including phenoxy) is 4. The number of carbonyl (C=O) groups excluding carboxylic acids is 4. The minimum atomic E-state index is -4.93. The van der Waals surface area contributed by atoms with Crippen molar-refractivity contribution in [3.63, 3.8) is 0 Å². The van der Waals surface area contributed by atoms with Gasteiger partial charge in [0.2, 0.25) is 0 Å². The van der Waals surface area contributed by atoms with Crippen LogP contribution in [0.5, 0.6) is 0 Å². The van der Waals surface area contributed by atoms with Crippen LogP contribution in [0.25, 0.3) is 0 Å². The second-order valence-electron chi connectivity index (χ2n) is 19.5. The van der Waals surface area contributed by atoms with Gasteiger partial charge in [0.05, 0.1) is 26.4 Å². The zero-order valence-electron chi connectivity index (χ0n) is 45.5. The molecular weight excluding hydrogens is 971 g/mol. The van der Waals surface area contributed by atoms with Crippen molar-refractivity contribution in [2.75, 3.05) is 39.6 Å².